The SMILES string of the molecule is COc1cc(C)c(-c2[nH]ncc2-c2csc(C)n2)c(O)c1. The van der Waals surface area contributed by atoms with Crippen molar-refractivity contribution in [1.82, 2.24) is 15.2 Å². The second-order valence-corrected chi connectivity index (χ2v) is 5.81. The molecule has 0 radical (unpaired) electrons. The largest absolute Gasteiger partial charge is 0.507 e. The smallest absolute Gasteiger partial charge is 0.128 e. The lowest BCUT2D eigenvalue weighted by atomic mass is 10.00. The zero-order valence-electron chi connectivity index (χ0n) is 12.0. The van der Waals surface area contributed by atoms with Crippen molar-refractivity contribution in [2.45, 2.75) is 13.8 Å². The van der Waals surface area contributed by atoms with Gasteiger partial charge in [0.05, 0.1) is 29.7 Å². The van der Waals surface area contributed by atoms with Gasteiger partial charge in [-0.05, 0) is 25.5 Å². The van der Waals surface area contributed by atoms with Crippen LogP contribution in [-0.2, 0) is 0 Å². The van der Waals surface area contributed by atoms with Crippen LogP contribution in [0.15, 0.2) is 23.7 Å². The number of benzene rings is 1. The van der Waals surface area contributed by atoms with Gasteiger partial charge in [0.1, 0.15) is 11.5 Å². The molecule has 1 aromatic carbocycles. The number of ether oxygens (including phenoxy) is 1. The van der Waals surface area contributed by atoms with Gasteiger partial charge in [-0.25, -0.2) is 4.98 Å². The van der Waals surface area contributed by atoms with Crippen LogP contribution in [-0.4, -0.2) is 27.4 Å². The fraction of sp³-hybridized carbons (Fsp3) is 0.200. The highest BCUT2D eigenvalue weighted by Crippen LogP contribution is 2.39. The highest BCUT2D eigenvalue weighted by Gasteiger charge is 2.18. The van der Waals surface area contributed by atoms with Gasteiger partial charge in [0, 0.05) is 22.6 Å². The van der Waals surface area contributed by atoms with E-state index in [-0.39, 0.29) is 5.75 Å². The summed E-state index contributed by atoms with van der Waals surface area (Å²) in [5, 5.41) is 20.4. The highest BCUT2D eigenvalue weighted by atomic mass is 32.1. The van der Waals surface area contributed by atoms with Crippen LogP contribution in [0.4, 0.5) is 0 Å². The minimum Gasteiger partial charge on any atom is -0.507 e. The predicted octanol–water partition coefficient (Wildman–Crippen LogP) is 3.53. The number of nitrogens with one attached hydrogen (secondary N) is 1. The van der Waals surface area contributed by atoms with Crippen LogP contribution in [0.5, 0.6) is 11.5 Å². The van der Waals surface area contributed by atoms with Gasteiger partial charge in [-0.15, -0.1) is 11.3 Å². The van der Waals surface area contributed by atoms with Gasteiger partial charge in [0.2, 0.25) is 0 Å². The maximum Gasteiger partial charge on any atom is 0.128 e. The predicted molar refractivity (Wildman–Crippen MR) is 82.8 cm³/mol. The third-order valence-electron chi connectivity index (χ3n) is 3.31. The van der Waals surface area contributed by atoms with E-state index in [1.807, 2.05) is 25.3 Å². The summed E-state index contributed by atoms with van der Waals surface area (Å²) in [5.41, 5.74) is 4.12. The lowest BCUT2D eigenvalue weighted by Gasteiger charge is -2.10. The number of H-pyrrole nitrogens is 1. The number of hydrogen-bond acceptors (Lipinski definition) is 5. The molecule has 2 N–H and O–H groups in total. The Hall–Kier alpha value is -2.34. The highest BCUT2D eigenvalue weighted by molar-refractivity contribution is 7.09. The van der Waals surface area contributed by atoms with E-state index in [2.05, 4.69) is 15.2 Å². The molecule has 0 bridgehead atoms. The summed E-state index contributed by atoms with van der Waals surface area (Å²) >= 11 is 1.59. The van der Waals surface area contributed by atoms with E-state index in [0.29, 0.717) is 11.3 Å². The normalized spacial score (nSPS) is 10.8. The van der Waals surface area contributed by atoms with Crippen LogP contribution in [0.25, 0.3) is 22.5 Å². The van der Waals surface area contributed by atoms with Crippen molar-refractivity contribution < 1.29 is 9.84 Å². The summed E-state index contributed by atoms with van der Waals surface area (Å²) in [6.07, 6.45) is 1.73. The number of hydrogen-bond donors (Lipinski definition) is 2. The zero-order chi connectivity index (χ0) is 15.0. The van der Waals surface area contributed by atoms with Crippen molar-refractivity contribution >= 4 is 11.3 Å². The molecule has 2 heterocycles. The summed E-state index contributed by atoms with van der Waals surface area (Å²) in [6, 6.07) is 3.48. The second kappa shape index (κ2) is 5.21. The van der Waals surface area contributed by atoms with Gasteiger partial charge >= 0.3 is 0 Å². The van der Waals surface area contributed by atoms with Crippen molar-refractivity contribution in [3.8, 4) is 34.0 Å². The molecular formula is C15H15N3O2S. The van der Waals surface area contributed by atoms with E-state index >= 15 is 0 Å². The number of aryl methyl sites for hydroxylation is 2. The van der Waals surface area contributed by atoms with Crippen molar-refractivity contribution in [3.05, 3.63) is 34.3 Å². The molecule has 0 amide bonds. The Balaban J connectivity index is 2.17. The molecule has 5 nitrogen and oxygen atoms in total. The molecule has 3 rings (SSSR count). The van der Waals surface area contributed by atoms with Crippen LogP contribution in [0.1, 0.15) is 10.6 Å². The van der Waals surface area contributed by atoms with Gasteiger partial charge in [-0.1, -0.05) is 0 Å². The maximum absolute atomic E-state index is 10.3. The van der Waals surface area contributed by atoms with Gasteiger partial charge in [0.25, 0.3) is 0 Å². The zero-order valence-corrected chi connectivity index (χ0v) is 12.8. The Labute approximate surface area is 126 Å². The van der Waals surface area contributed by atoms with E-state index < -0.39 is 0 Å². The molecule has 0 aliphatic rings. The summed E-state index contributed by atoms with van der Waals surface area (Å²) in [4.78, 5) is 4.48. The molecule has 108 valence electrons. The number of aromatic hydroxyl groups is 1. The fourth-order valence-corrected chi connectivity index (χ4v) is 2.95. The second-order valence-electron chi connectivity index (χ2n) is 4.75. The first kappa shape index (κ1) is 13.6. The molecule has 0 saturated heterocycles. The average Bonchev–Trinajstić information content (AvgIpc) is 3.06. The first-order valence-corrected chi connectivity index (χ1v) is 7.32. The van der Waals surface area contributed by atoms with Crippen molar-refractivity contribution in [1.29, 1.82) is 0 Å². The van der Waals surface area contributed by atoms with E-state index in [1.54, 1.807) is 30.7 Å². The number of phenolic OH excluding ortho intramolecular Hbond substituents is 1. The Morgan fingerprint density at radius 1 is 1.29 bits per heavy atom. The number of aromatic amines is 1. The van der Waals surface area contributed by atoms with Gasteiger partial charge in [-0.2, -0.15) is 5.10 Å². The Kier molecular flexibility index (Phi) is 3.39. The molecule has 3 aromatic rings. The summed E-state index contributed by atoms with van der Waals surface area (Å²) < 4.78 is 5.17. The van der Waals surface area contributed by atoms with Crippen LogP contribution < -0.4 is 4.74 Å². The van der Waals surface area contributed by atoms with E-state index in [1.165, 1.54) is 0 Å². The van der Waals surface area contributed by atoms with Crippen LogP contribution in [0.3, 0.4) is 0 Å². The van der Waals surface area contributed by atoms with Gasteiger partial charge in [-0.3, -0.25) is 5.10 Å². The molecule has 0 aliphatic heterocycles. The standard InChI is InChI=1S/C15H15N3O2S/c1-8-4-10(20-3)5-13(19)14(8)15-11(6-16-18-15)12-7-21-9(2)17-12/h4-7,19H,1-3H3,(H,16,18). The van der Waals surface area contributed by atoms with Crippen molar-refractivity contribution in [3.63, 3.8) is 0 Å². The van der Waals surface area contributed by atoms with Crippen LogP contribution in [0.2, 0.25) is 0 Å². The number of aromatic nitrogens is 3. The first-order chi connectivity index (χ1) is 10.1. The summed E-state index contributed by atoms with van der Waals surface area (Å²) in [6.45, 7) is 3.89. The average molecular weight is 301 g/mol. The number of methoxy groups -OCH3 is 1. The molecule has 0 unspecified atom stereocenters. The number of phenols is 1. The molecule has 0 atom stereocenters. The van der Waals surface area contributed by atoms with Crippen LogP contribution in [0, 0.1) is 13.8 Å². The number of thiazole rings is 1. The fourth-order valence-electron chi connectivity index (χ4n) is 2.34. The monoisotopic (exact) mass is 301 g/mol. The quantitative estimate of drug-likeness (QED) is 0.776. The minimum absolute atomic E-state index is 0.157. The third-order valence-corrected chi connectivity index (χ3v) is 4.08. The minimum atomic E-state index is 0.157. The third kappa shape index (κ3) is 2.38. The van der Waals surface area contributed by atoms with Crippen molar-refractivity contribution in [2.75, 3.05) is 7.11 Å². The molecule has 2 aromatic heterocycles. The Morgan fingerprint density at radius 3 is 2.71 bits per heavy atom. The lowest BCUT2D eigenvalue weighted by Crippen LogP contribution is -1.91. The first-order valence-electron chi connectivity index (χ1n) is 6.44. The molecular weight excluding hydrogens is 286 g/mol. The molecule has 6 heteroatoms. The van der Waals surface area contributed by atoms with E-state index in [0.717, 1.165) is 27.5 Å². The molecule has 0 aliphatic carbocycles. The molecule has 0 spiro atoms. The topological polar surface area (TPSA) is 71.0 Å². The van der Waals surface area contributed by atoms with Crippen molar-refractivity contribution in [2.24, 2.45) is 0 Å². The summed E-state index contributed by atoms with van der Waals surface area (Å²) in [7, 11) is 1.58. The number of rotatable bonds is 3. The van der Waals surface area contributed by atoms with Gasteiger partial charge < -0.3 is 9.84 Å². The van der Waals surface area contributed by atoms with E-state index in [4.69, 9.17) is 4.74 Å². The molecule has 0 saturated carbocycles. The Bertz CT molecular complexity index is 769. The molecule has 0 fully saturated rings. The number of nitrogens with zero attached hydrogens (tertiary/aromatic N) is 2. The lowest BCUT2D eigenvalue weighted by molar-refractivity contribution is 0.407. The van der Waals surface area contributed by atoms with E-state index in [9.17, 15) is 5.11 Å². The summed E-state index contributed by atoms with van der Waals surface area (Å²) in [5.74, 6) is 0.781. The van der Waals surface area contributed by atoms with Crippen LogP contribution >= 0.6 is 11.3 Å². The molecule has 21 heavy (non-hydrogen) atoms. The maximum atomic E-state index is 10.3. The Morgan fingerprint density at radius 2 is 2.10 bits per heavy atom. The van der Waals surface area contributed by atoms with Gasteiger partial charge in [0.15, 0.2) is 0 Å².